The molecular weight excluding hydrogens is 309 g/mol. The van der Waals surface area contributed by atoms with Gasteiger partial charge in [-0.25, -0.2) is 12.8 Å². The Morgan fingerprint density at radius 1 is 1.27 bits per heavy atom. The van der Waals surface area contributed by atoms with Crippen LogP contribution in [0.15, 0.2) is 28.8 Å². The number of anilines is 1. The lowest BCUT2D eigenvalue weighted by Gasteiger charge is -2.21. The maximum Gasteiger partial charge on any atom is 0.232 e. The second-order valence-corrected chi connectivity index (χ2v) is 7.89. The summed E-state index contributed by atoms with van der Waals surface area (Å²) in [4.78, 5) is 4.18. The molecular formula is C14H18FN3O3S. The summed E-state index contributed by atoms with van der Waals surface area (Å²) in [6, 6.07) is 5.64. The predicted molar refractivity (Wildman–Crippen MR) is 80.4 cm³/mol. The molecule has 2 rings (SSSR count). The molecule has 0 aliphatic rings. The normalized spacial score (nSPS) is 12.4. The number of nitrogens with zero attached hydrogens (tertiary/aromatic N) is 3. The van der Waals surface area contributed by atoms with Crippen molar-refractivity contribution < 1.29 is 17.3 Å². The van der Waals surface area contributed by atoms with E-state index in [9.17, 15) is 12.8 Å². The fraction of sp³-hybridized carbons (Fsp3) is 0.429. The van der Waals surface area contributed by atoms with Gasteiger partial charge in [-0.3, -0.25) is 4.31 Å². The van der Waals surface area contributed by atoms with Gasteiger partial charge in [-0.15, -0.1) is 0 Å². The average molecular weight is 327 g/mol. The third kappa shape index (κ3) is 3.62. The number of aromatic nitrogens is 2. The molecule has 8 heteroatoms. The van der Waals surface area contributed by atoms with Crippen LogP contribution < -0.4 is 4.31 Å². The number of para-hydroxylation sites is 1. The molecule has 0 radical (unpaired) electrons. The number of hydrogen-bond donors (Lipinski definition) is 0. The number of rotatable bonds is 4. The maximum atomic E-state index is 13.9. The molecule has 0 aliphatic heterocycles. The third-order valence-corrected chi connectivity index (χ3v) is 4.04. The molecule has 0 atom stereocenters. The maximum absolute atomic E-state index is 13.9. The van der Waals surface area contributed by atoms with E-state index in [0.29, 0.717) is 5.89 Å². The Bertz CT molecular complexity index is 766. The molecule has 0 amide bonds. The zero-order valence-corrected chi connectivity index (χ0v) is 13.7. The van der Waals surface area contributed by atoms with Crippen LogP contribution in [0.4, 0.5) is 10.1 Å². The SMILES string of the molecule is CC(C)(C)c1nc(CN(c2ccccc2F)S(C)(=O)=O)no1. The van der Waals surface area contributed by atoms with Crippen molar-refractivity contribution in [3.63, 3.8) is 0 Å². The summed E-state index contributed by atoms with van der Waals surface area (Å²) in [6.45, 7) is 5.50. The van der Waals surface area contributed by atoms with E-state index in [1.807, 2.05) is 20.8 Å². The highest BCUT2D eigenvalue weighted by atomic mass is 32.2. The minimum atomic E-state index is -3.69. The smallest absolute Gasteiger partial charge is 0.232 e. The molecule has 0 N–H and O–H groups in total. The number of sulfonamides is 1. The quantitative estimate of drug-likeness (QED) is 0.862. The van der Waals surface area contributed by atoms with Crippen molar-refractivity contribution in [1.82, 2.24) is 10.1 Å². The molecule has 1 aromatic carbocycles. The van der Waals surface area contributed by atoms with Gasteiger partial charge in [0.25, 0.3) is 0 Å². The molecule has 0 fully saturated rings. The summed E-state index contributed by atoms with van der Waals surface area (Å²) in [5.74, 6) is -0.0597. The Balaban J connectivity index is 2.37. The van der Waals surface area contributed by atoms with Crippen LogP contribution in [0.3, 0.4) is 0 Å². The van der Waals surface area contributed by atoms with E-state index in [1.54, 1.807) is 6.07 Å². The van der Waals surface area contributed by atoms with E-state index >= 15 is 0 Å². The molecule has 0 unspecified atom stereocenters. The first-order valence-electron chi connectivity index (χ1n) is 6.64. The van der Waals surface area contributed by atoms with Crippen LogP contribution in [0.5, 0.6) is 0 Å². The van der Waals surface area contributed by atoms with Crippen LogP contribution in [-0.4, -0.2) is 24.8 Å². The number of hydrogen-bond acceptors (Lipinski definition) is 5. The van der Waals surface area contributed by atoms with Crippen molar-refractivity contribution >= 4 is 15.7 Å². The highest BCUT2D eigenvalue weighted by Crippen LogP contribution is 2.24. The molecule has 0 bridgehead atoms. The van der Waals surface area contributed by atoms with Crippen LogP contribution in [0.1, 0.15) is 32.5 Å². The Kier molecular flexibility index (Phi) is 4.23. The molecule has 120 valence electrons. The van der Waals surface area contributed by atoms with Crippen LogP contribution in [0.2, 0.25) is 0 Å². The van der Waals surface area contributed by atoms with Gasteiger partial charge in [-0.2, -0.15) is 4.98 Å². The molecule has 0 saturated carbocycles. The van der Waals surface area contributed by atoms with E-state index in [4.69, 9.17) is 4.52 Å². The van der Waals surface area contributed by atoms with Crippen molar-refractivity contribution in [2.24, 2.45) is 0 Å². The monoisotopic (exact) mass is 327 g/mol. The van der Waals surface area contributed by atoms with Crippen LogP contribution in [0.25, 0.3) is 0 Å². The van der Waals surface area contributed by atoms with Gasteiger partial charge in [-0.1, -0.05) is 38.1 Å². The predicted octanol–water partition coefficient (Wildman–Crippen LogP) is 2.47. The summed E-state index contributed by atoms with van der Waals surface area (Å²) in [5.41, 5.74) is -0.397. The summed E-state index contributed by atoms with van der Waals surface area (Å²) < 4.78 is 43.9. The zero-order chi connectivity index (χ0) is 16.5. The van der Waals surface area contributed by atoms with Gasteiger partial charge >= 0.3 is 0 Å². The minimum Gasteiger partial charge on any atom is -0.339 e. The Morgan fingerprint density at radius 2 is 1.91 bits per heavy atom. The molecule has 2 aromatic rings. The Labute approximate surface area is 129 Å². The van der Waals surface area contributed by atoms with Gasteiger partial charge in [0.15, 0.2) is 5.82 Å². The molecule has 0 saturated heterocycles. The van der Waals surface area contributed by atoms with E-state index in [-0.39, 0.29) is 23.5 Å². The zero-order valence-electron chi connectivity index (χ0n) is 12.9. The molecule has 6 nitrogen and oxygen atoms in total. The fourth-order valence-corrected chi connectivity index (χ4v) is 2.64. The van der Waals surface area contributed by atoms with E-state index < -0.39 is 15.8 Å². The van der Waals surface area contributed by atoms with Crippen molar-refractivity contribution in [3.05, 3.63) is 41.8 Å². The molecule has 1 aromatic heterocycles. The van der Waals surface area contributed by atoms with E-state index in [2.05, 4.69) is 10.1 Å². The standard InChI is InChI=1S/C14H18FN3O3S/c1-14(2,3)13-16-12(17-21-13)9-18(22(4,19)20)11-8-6-5-7-10(11)15/h5-8H,9H2,1-4H3. The minimum absolute atomic E-state index is 0.0490. The highest BCUT2D eigenvalue weighted by molar-refractivity contribution is 7.92. The lowest BCUT2D eigenvalue weighted by Crippen LogP contribution is -2.30. The van der Waals surface area contributed by atoms with Crippen LogP contribution in [0, 0.1) is 5.82 Å². The lowest BCUT2D eigenvalue weighted by molar-refractivity contribution is 0.318. The molecule has 1 heterocycles. The first-order valence-corrected chi connectivity index (χ1v) is 8.49. The summed E-state index contributed by atoms with van der Waals surface area (Å²) in [7, 11) is -3.69. The van der Waals surface area contributed by atoms with Crippen LogP contribution in [-0.2, 0) is 22.0 Å². The summed E-state index contributed by atoms with van der Waals surface area (Å²) >= 11 is 0. The van der Waals surface area contributed by atoms with Gasteiger partial charge in [0.05, 0.1) is 18.5 Å². The van der Waals surface area contributed by atoms with Crippen molar-refractivity contribution in [3.8, 4) is 0 Å². The Hall–Kier alpha value is -1.96. The van der Waals surface area contributed by atoms with Gasteiger partial charge in [0, 0.05) is 5.41 Å². The molecule has 0 aliphatic carbocycles. The van der Waals surface area contributed by atoms with Gasteiger partial charge in [-0.05, 0) is 12.1 Å². The van der Waals surface area contributed by atoms with Gasteiger partial charge in [0.2, 0.25) is 15.9 Å². The first kappa shape index (κ1) is 16.4. The first-order chi connectivity index (χ1) is 10.1. The van der Waals surface area contributed by atoms with E-state index in [0.717, 1.165) is 10.6 Å². The second kappa shape index (κ2) is 5.68. The van der Waals surface area contributed by atoms with Crippen molar-refractivity contribution in [2.45, 2.75) is 32.7 Å². The van der Waals surface area contributed by atoms with Crippen molar-refractivity contribution in [2.75, 3.05) is 10.6 Å². The molecule has 0 spiro atoms. The summed E-state index contributed by atoms with van der Waals surface area (Å²) in [6.07, 6.45) is 1.00. The van der Waals surface area contributed by atoms with Gasteiger partial charge < -0.3 is 4.52 Å². The van der Waals surface area contributed by atoms with Crippen LogP contribution >= 0.6 is 0 Å². The number of benzene rings is 1. The summed E-state index contributed by atoms with van der Waals surface area (Å²) in [5, 5.41) is 3.78. The highest BCUT2D eigenvalue weighted by Gasteiger charge is 2.26. The second-order valence-electron chi connectivity index (χ2n) is 5.99. The van der Waals surface area contributed by atoms with E-state index in [1.165, 1.54) is 18.2 Å². The lowest BCUT2D eigenvalue weighted by atomic mass is 9.97. The van der Waals surface area contributed by atoms with Crippen molar-refractivity contribution in [1.29, 1.82) is 0 Å². The third-order valence-electron chi connectivity index (χ3n) is 2.92. The average Bonchev–Trinajstić information content (AvgIpc) is 2.84. The number of halogens is 1. The Morgan fingerprint density at radius 3 is 2.41 bits per heavy atom. The van der Waals surface area contributed by atoms with Gasteiger partial charge in [0.1, 0.15) is 5.82 Å². The topological polar surface area (TPSA) is 76.3 Å². The fourth-order valence-electron chi connectivity index (χ4n) is 1.79. The molecule has 22 heavy (non-hydrogen) atoms. The largest absolute Gasteiger partial charge is 0.339 e.